The van der Waals surface area contributed by atoms with E-state index in [0.717, 1.165) is 0 Å². The number of carbonyl (C=O) groups is 2. The number of carbonyl (C=O) groups excluding carboxylic acids is 2. The molecule has 1 aliphatic heterocycles. The summed E-state index contributed by atoms with van der Waals surface area (Å²) in [5.74, 6) is -0.682. The van der Waals surface area contributed by atoms with Gasteiger partial charge < -0.3 is 19.5 Å². The molecule has 0 spiro atoms. The Balaban J connectivity index is 2.03. The smallest absolute Gasteiger partial charge is 0.295 e. The monoisotopic (exact) mass is 424 g/mol. The quantitative estimate of drug-likeness (QED) is 0.286. The lowest BCUT2D eigenvalue weighted by molar-refractivity contribution is -0.140. The maximum absolute atomic E-state index is 12.9. The van der Waals surface area contributed by atoms with Gasteiger partial charge in [-0.2, -0.15) is 0 Å². The number of rotatable bonds is 9. The number of amides is 1. The zero-order valence-corrected chi connectivity index (χ0v) is 18.1. The number of aliphatic hydroxyl groups is 1. The zero-order valence-electron chi connectivity index (χ0n) is 18.1. The van der Waals surface area contributed by atoms with E-state index in [2.05, 4.69) is 4.98 Å². The van der Waals surface area contributed by atoms with E-state index in [1.807, 2.05) is 13.8 Å². The predicted molar refractivity (Wildman–Crippen MR) is 117 cm³/mol. The van der Waals surface area contributed by atoms with Crippen molar-refractivity contribution in [3.05, 3.63) is 65.5 Å². The van der Waals surface area contributed by atoms with Gasteiger partial charge in [-0.25, -0.2) is 0 Å². The van der Waals surface area contributed by atoms with Crippen LogP contribution in [0.15, 0.2) is 54.2 Å². The molecule has 1 aromatic heterocycles. The third-order valence-electron chi connectivity index (χ3n) is 4.95. The average molecular weight is 424 g/mol. The first kappa shape index (κ1) is 22.5. The number of ketones is 1. The minimum Gasteiger partial charge on any atom is -0.507 e. The molecule has 2 aromatic rings. The maximum Gasteiger partial charge on any atom is 0.295 e. The van der Waals surface area contributed by atoms with Gasteiger partial charge in [0.1, 0.15) is 17.6 Å². The van der Waals surface area contributed by atoms with Gasteiger partial charge in [0, 0.05) is 32.0 Å². The number of aromatic nitrogens is 1. The summed E-state index contributed by atoms with van der Waals surface area (Å²) in [7, 11) is 1.58. The van der Waals surface area contributed by atoms with E-state index < -0.39 is 17.7 Å². The zero-order chi connectivity index (χ0) is 22.4. The summed E-state index contributed by atoms with van der Waals surface area (Å²) in [6.45, 7) is 5.38. The van der Waals surface area contributed by atoms with Gasteiger partial charge in [0.2, 0.25) is 0 Å². The Morgan fingerprint density at radius 3 is 2.68 bits per heavy atom. The highest BCUT2D eigenvalue weighted by Gasteiger charge is 2.46. The summed E-state index contributed by atoms with van der Waals surface area (Å²) in [4.78, 5) is 31.6. The molecule has 7 nitrogen and oxygen atoms in total. The van der Waals surface area contributed by atoms with Crippen LogP contribution in [0, 0.1) is 5.92 Å². The Kier molecular flexibility index (Phi) is 7.41. The van der Waals surface area contributed by atoms with Gasteiger partial charge in [-0.1, -0.05) is 32.0 Å². The van der Waals surface area contributed by atoms with Crippen LogP contribution >= 0.6 is 0 Å². The predicted octanol–water partition coefficient (Wildman–Crippen LogP) is 3.57. The van der Waals surface area contributed by atoms with Crippen LogP contribution in [0.3, 0.4) is 0 Å². The summed E-state index contributed by atoms with van der Waals surface area (Å²) in [6.07, 6.45) is 2.16. The second-order valence-electron chi connectivity index (χ2n) is 7.83. The number of methoxy groups -OCH3 is 1. The molecule has 1 fully saturated rings. The van der Waals surface area contributed by atoms with Crippen molar-refractivity contribution in [2.75, 3.05) is 26.9 Å². The molecule has 1 atom stereocenters. The van der Waals surface area contributed by atoms with Gasteiger partial charge in [-0.05, 0) is 36.6 Å². The molecule has 1 N–H and O–H groups in total. The Labute approximate surface area is 182 Å². The fourth-order valence-corrected chi connectivity index (χ4v) is 3.49. The van der Waals surface area contributed by atoms with Gasteiger partial charge in [0.25, 0.3) is 11.7 Å². The highest BCUT2D eigenvalue weighted by Crippen LogP contribution is 2.39. The fraction of sp³-hybridized carbons (Fsp3) is 0.375. The highest BCUT2D eigenvalue weighted by atomic mass is 16.5. The molecule has 1 saturated heterocycles. The molecule has 7 heteroatoms. The fourth-order valence-electron chi connectivity index (χ4n) is 3.49. The second-order valence-corrected chi connectivity index (χ2v) is 7.83. The Bertz CT molecular complexity index is 955. The summed E-state index contributed by atoms with van der Waals surface area (Å²) >= 11 is 0. The summed E-state index contributed by atoms with van der Waals surface area (Å²) < 4.78 is 10.8. The van der Waals surface area contributed by atoms with Crippen LogP contribution < -0.4 is 4.74 Å². The number of nitrogens with zero attached hydrogens (tertiary/aromatic N) is 2. The van der Waals surface area contributed by atoms with Gasteiger partial charge in [0.15, 0.2) is 0 Å². The van der Waals surface area contributed by atoms with E-state index >= 15 is 0 Å². The normalized spacial score (nSPS) is 18.1. The van der Waals surface area contributed by atoms with Crippen LogP contribution in [-0.2, 0) is 14.3 Å². The molecule has 164 valence electrons. The largest absolute Gasteiger partial charge is 0.507 e. The second kappa shape index (κ2) is 10.2. The number of benzene rings is 1. The van der Waals surface area contributed by atoms with E-state index in [1.54, 1.807) is 55.8 Å². The Hall–Kier alpha value is -3.19. The molecule has 1 unspecified atom stereocenters. The maximum atomic E-state index is 12.9. The lowest BCUT2D eigenvalue weighted by Crippen LogP contribution is -2.31. The average Bonchev–Trinajstić information content (AvgIpc) is 3.03. The number of ether oxygens (including phenoxy) is 2. The topological polar surface area (TPSA) is 89.0 Å². The first-order chi connectivity index (χ1) is 14.9. The lowest BCUT2D eigenvalue weighted by Gasteiger charge is -2.24. The molecule has 1 amide bonds. The van der Waals surface area contributed by atoms with Crippen LogP contribution in [0.1, 0.15) is 37.6 Å². The number of pyridine rings is 1. The van der Waals surface area contributed by atoms with Gasteiger partial charge in [-0.3, -0.25) is 14.6 Å². The molecular formula is C24H28N2O5. The van der Waals surface area contributed by atoms with Crippen molar-refractivity contribution in [3.63, 3.8) is 0 Å². The lowest BCUT2D eigenvalue weighted by atomic mass is 9.98. The number of hydrogen-bond donors (Lipinski definition) is 1. The van der Waals surface area contributed by atoms with Crippen molar-refractivity contribution < 1.29 is 24.2 Å². The molecule has 0 bridgehead atoms. The number of likely N-dealkylation sites (tertiary alicyclic amines) is 1. The third kappa shape index (κ3) is 5.11. The van der Waals surface area contributed by atoms with Gasteiger partial charge in [-0.15, -0.1) is 0 Å². The molecular weight excluding hydrogens is 396 g/mol. The van der Waals surface area contributed by atoms with Crippen molar-refractivity contribution in [3.8, 4) is 5.75 Å². The number of hydrogen-bond acceptors (Lipinski definition) is 6. The summed E-state index contributed by atoms with van der Waals surface area (Å²) in [6, 6.07) is 11.4. The molecule has 1 aliphatic rings. The van der Waals surface area contributed by atoms with E-state index in [9.17, 15) is 14.7 Å². The van der Waals surface area contributed by atoms with E-state index in [1.165, 1.54) is 4.90 Å². The molecule has 0 radical (unpaired) electrons. The Morgan fingerprint density at radius 1 is 1.19 bits per heavy atom. The molecule has 0 saturated carbocycles. The summed E-state index contributed by atoms with van der Waals surface area (Å²) in [5, 5.41) is 11.1. The third-order valence-corrected chi connectivity index (χ3v) is 4.95. The Morgan fingerprint density at radius 2 is 2.00 bits per heavy atom. The van der Waals surface area contributed by atoms with Gasteiger partial charge >= 0.3 is 0 Å². The van der Waals surface area contributed by atoms with Crippen LogP contribution in [0.25, 0.3) is 5.76 Å². The van der Waals surface area contributed by atoms with Crippen LogP contribution in [0.4, 0.5) is 0 Å². The SMILES string of the molecule is COCCCN1C(=O)C(=O)/C(=C(\O)c2cccc(OCC(C)C)c2)C1c1ccccn1. The minimum atomic E-state index is -0.765. The molecule has 3 rings (SSSR count). The highest BCUT2D eigenvalue weighted by molar-refractivity contribution is 6.46. The van der Waals surface area contributed by atoms with Crippen LogP contribution in [-0.4, -0.2) is 53.5 Å². The molecule has 2 heterocycles. The van der Waals surface area contributed by atoms with Crippen molar-refractivity contribution in [1.29, 1.82) is 0 Å². The molecule has 31 heavy (non-hydrogen) atoms. The van der Waals surface area contributed by atoms with Crippen molar-refractivity contribution >= 4 is 17.4 Å². The van der Waals surface area contributed by atoms with Crippen molar-refractivity contribution in [1.82, 2.24) is 9.88 Å². The number of aliphatic hydroxyl groups excluding tert-OH is 1. The number of Topliss-reactive ketones (excluding diaryl/α,β-unsaturated/α-hetero) is 1. The molecule has 1 aromatic carbocycles. The molecule has 0 aliphatic carbocycles. The standard InChI is InChI=1S/C24H28N2O5/c1-16(2)15-31-18-9-6-8-17(14-18)22(27)20-21(19-10-4-5-11-25-19)26(12-7-13-30-3)24(29)23(20)28/h4-6,8-11,14,16,21,27H,7,12-13,15H2,1-3H3/b22-20-. The van der Waals surface area contributed by atoms with Crippen molar-refractivity contribution in [2.45, 2.75) is 26.3 Å². The van der Waals surface area contributed by atoms with Crippen LogP contribution in [0.5, 0.6) is 5.75 Å². The van der Waals surface area contributed by atoms with Crippen LogP contribution in [0.2, 0.25) is 0 Å². The van der Waals surface area contributed by atoms with Gasteiger partial charge in [0.05, 0.1) is 17.9 Å². The van der Waals surface area contributed by atoms with Crippen molar-refractivity contribution in [2.24, 2.45) is 5.92 Å². The van der Waals surface area contributed by atoms with E-state index in [-0.39, 0.29) is 11.3 Å². The first-order valence-corrected chi connectivity index (χ1v) is 10.4. The minimum absolute atomic E-state index is 0.0297. The van der Waals surface area contributed by atoms with E-state index in [4.69, 9.17) is 9.47 Å². The van der Waals surface area contributed by atoms with E-state index in [0.29, 0.717) is 49.1 Å². The first-order valence-electron chi connectivity index (χ1n) is 10.4. The summed E-state index contributed by atoms with van der Waals surface area (Å²) in [5.41, 5.74) is 0.965.